The topological polar surface area (TPSA) is 46.1 Å². The molecule has 0 N–H and O–H groups in total. The van der Waals surface area contributed by atoms with Crippen LogP contribution in [-0.4, -0.2) is 12.7 Å². The van der Waals surface area contributed by atoms with E-state index in [1.54, 1.807) is 0 Å². The summed E-state index contributed by atoms with van der Waals surface area (Å²) < 4.78 is 0. The maximum atomic E-state index is 9.58. The van der Waals surface area contributed by atoms with E-state index in [1.807, 2.05) is 0 Å². The van der Waals surface area contributed by atoms with E-state index in [1.165, 1.54) is 6.92 Å². The molecule has 2 nitrogen and oxygen atoms in total. The van der Waals surface area contributed by atoms with Crippen LogP contribution >= 0.6 is 0 Å². The highest BCUT2D eigenvalue weighted by Gasteiger charge is 1.60. The quantitative estimate of drug-likeness (QED) is 0.364. The molecule has 32 valence electrons. The van der Waals surface area contributed by atoms with Crippen molar-refractivity contribution in [2.45, 2.75) is 13.0 Å². The minimum absolute atomic E-state index is 0.500. The first-order chi connectivity index (χ1) is 2.27. The molecule has 0 saturated heterocycles. The maximum absolute atomic E-state index is 9.58. The lowest BCUT2D eigenvalue weighted by atomic mass is 10.5. The molecule has 0 aromatic heterocycles. The summed E-state index contributed by atoms with van der Waals surface area (Å²) in [6.45, 7) is 0.854. The number of hydrogen-bond acceptors (Lipinski definition) is 2. The average molecular weight is 74.1 g/mol. The first kappa shape index (κ1) is 4.92. The molecule has 1 atom stereocenters. The van der Waals surface area contributed by atoms with Gasteiger partial charge in [0, 0.05) is 0 Å². The van der Waals surface area contributed by atoms with Crippen LogP contribution in [0.2, 0.25) is 0 Å². The molecule has 0 heterocycles. The van der Waals surface area contributed by atoms with Crippen LogP contribution in [0.15, 0.2) is 0 Å². The first-order valence-corrected chi connectivity index (χ1v) is 1.51. The lowest BCUT2D eigenvalue weighted by molar-refractivity contribution is -0.488. The summed E-state index contributed by atoms with van der Waals surface area (Å²) in [7, 11) is 0. The van der Waals surface area contributed by atoms with E-state index in [9.17, 15) is 10.2 Å². The zero-order valence-electron chi connectivity index (χ0n) is 3.10. The smallest absolute Gasteiger partial charge is 0.0793 e. The van der Waals surface area contributed by atoms with Crippen LogP contribution < -0.4 is 10.2 Å². The van der Waals surface area contributed by atoms with Gasteiger partial charge < -0.3 is 10.2 Å². The normalized spacial score (nSPS) is 15.0. The van der Waals surface area contributed by atoms with Gasteiger partial charge in [-0.25, -0.2) is 0 Å². The molecule has 0 aliphatic rings. The molecule has 2 heteroatoms. The Balaban J connectivity index is 2.54. The minimum Gasteiger partial charge on any atom is -0.855 e. The molecule has 5 heavy (non-hydrogen) atoms. The summed E-state index contributed by atoms with van der Waals surface area (Å²) >= 11 is 0. The maximum Gasteiger partial charge on any atom is -0.0793 e. The van der Waals surface area contributed by atoms with Crippen molar-refractivity contribution in [2.75, 3.05) is 6.61 Å². The van der Waals surface area contributed by atoms with Crippen molar-refractivity contribution in [3.05, 3.63) is 0 Å². The monoisotopic (exact) mass is 74.0 g/mol. The van der Waals surface area contributed by atoms with Gasteiger partial charge >= 0.3 is 0 Å². The molecule has 0 saturated carbocycles. The molecule has 0 rings (SSSR count). The second-order valence-electron chi connectivity index (χ2n) is 0.977. The summed E-state index contributed by atoms with van der Waals surface area (Å²) in [6.07, 6.45) is -0.921. The number of hydrogen-bond donors (Lipinski definition) is 0. The predicted molar refractivity (Wildman–Crippen MR) is 14.3 cm³/mol. The van der Waals surface area contributed by atoms with Gasteiger partial charge in [0.1, 0.15) is 0 Å². The molecule has 1 unspecified atom stereocenters. The van der Waals surface area contributed by atoms with Crippen LogP contribution in [0.4, 0.5) is 0 Å². The van der Waals surface area contributed by atoms with E-state index in [4.69, 9.17) is 0 Å². The van der Waals surface area contributed by atoms with Crippen molar-refractivity contribution >= 4 is 0 Å². The summed E-state index contributed by atoms with van der Waals surface area (Å²) in [5, 5.41) is 18.9. The zero-order valence-corrected chi connectivity index (χ0v) is 3.10. The van der Waals surface area contributed by atoms with Crippen LogP contribution in [0.1, 0.15) is 6.92 Å². The van der Waals surface area contributed by atoms with E-state index in [-0.39, 0.29) is 0 Å². The van der Waals surface area contributed by atoms with E-state index in [2.05, 4.69) is 0 Å². The lowest BCUT2D eigenvalue weighted by Crippen LogP contribution is -2.31. The van der Waals surface area contributed by atoms with Crippen LogP contribution in [0.5, 0.6) is 0 Å². The van der Waals surface area contributed by atoms with Crippen molar-refractivity contribution in [1.29, 1.82) is 0 Å². The molecule has 0 aliphatic heterocycles. The molecule has 0 amide bonds. The molecular formula is C3H6O2-2. The highest BCUT2D eigenvalue weighted by molar-refractivity contribution is 4.29. The van der Waals surface area contributed by atoms with Crippen molar-refractivity contribution in [1.82, 2.24) is 0 Å². The Kier molecular flexibility index (Phi) is 2.14. The molecule has 0 fully saturated rings. The van der Waals surface area contributed by atoms with Crippen LogP contribution in [-0.2, 0) is 0 Å². The lowest BCUT2D eigenvalue weighted by Gasteiger charge is -2.17. The second kappa shape index (κ2) is 2.18. The fourth-order valence-electron chi connectivity index (χ4n) is 0. The van der Waals surface area contributed by atoms with E-state index in [0.29, 0.717) is 0 Å². The molecule has 0 aromatic rings. The van der Waals surface area contributed by atoms with Crippen LogP contribution in [0, 0.1) is 0 Å². The number of rotatable bonds is 1. The largest absolute Gasteiger partial charge is 0.855 e. The van der Waals surface area contributed by atoms with E-state index < -0.39 is 12.7 Å². The minimum atomic E-state index is -0.921. The summed E-state index contributed by atoms with van der Waals surface area (Å²) in [5.74, 6) is 0. The van der Waals surface area contributed by atoms with Crippen LogP contribution in [0.3, 0.4) is 0 Å². The Morgan fingerprint density at radius 1 is 1.80 bits per heavy atom. The Morgan fingerprint density at radius 3 is 2.00 bits per heavy atom. The van der Waals surface area contributed by atoms with Gasteiger partial charge in [-0.3, -0.25) is 0 Å². The summed E-state index contributed by atoms with van der Waals surface area (Å²) in [5.41, 5.74) is 0. The van der Waals surface area contributed by atoms with Gasteiger partial charge in [0.2, 0.25) is 0 Å². The summed E-state index contributed by atoms with van der Waals surface area (Å²) in [6, 6.07) is 0. The third-order valence-corrected chi connectivity index (χ3v) is 0.235. The van der Waals surface area contributed by atoms with Crippen molar-refractivity contribution in [2.24, 2.45) is 0 Å². The highest BCUT2D eigenvalue weighted by atomic mass is 16.3. The molecule has 0 aliphatic carbocycles. The fraction of sp³-hybridized carbons (Fsp3) is 1.00. The molecule has 0 aromatic carbocycles. The molecule has 0 radical (unpaired) electrons. The fourth-order valence-corrected chi connectivity index (χ4v) is 0. The Labute approximate surface area is 31.1 Å². The molecule has 0 bridgehead atoms. The average Bonchev–Trinajstić information content (AvgIpc) is 1.38. The van der Waals surface area contributed by atoms with Crippen molar-refractivity contribution in [3.8, 4) is 0 Å². The van der Waals surface area contributed by atoms with Gasteiger partial charge in [0.15, 0.2) is 0 Å². The molecule has 0 spiro atoms. The summed E-state index contributed by atoms with van der Waals surface area (Å²) in [4.78, 5) is 0. The van der Waals surface area contributed by atoms with E-state index >= 15 is 0 Å². The van der Waals surface area contributed by atoms with Gasteiger partial charge in [-0.05, 0) is 0 Å². The highest BCUT2D eigenvalue weighted by Crippen LogP contribution is 1.57. The zero-order chi connectivity index (χ0) is 4.28. The molecular weight excluding hydrogens is 68.0 g/mol. The van der Waals surface area contributed by atoms with Gasteiger partial charge in [0.25, 0.3) is 0 Å². The van der Waals surface area contributed by atoms with Gasteiger partial charge in [0.05, 0.1) is 0 Å². The Bertz CT molecular complexity index is 18.9. The van der Waals surface area contributed by atoms with Crippen molar-refractivity contribution < 1.29 is 10.2 Å². The predicted octanol–water partition coefficient (Wildman–Crippen LogP) is -1.90. The van der Waals surface area contributed by atoms with E-state index in [0.717, 1.165) is 0 Å². The van der Waals surface area contributed by atoms with Gasteiger partial charge in [-0.15, -0.1) is 6.10 Å². The second-order valence-corrected chi connectivity index (χ2v) is 0.977. The Hall–Kier alpha value is -0.0800. The van der Waals surface area contributed by atoms with Crippen LogP contribution in [0.25, 0.3) is 0 Å². The third-order valence-electron chi connectivity index (χ3n) is 0.235. The SMILES string of the molecule is CC([O-])C[O-]. The Morgan fingerprint density at radius 2 is 2.00 bits per heavy atom. The van der Waals surface area contributed by atoms with Crippen molar-refractivity contribution in [3.63, 3.8) is 0 Å². The van der Waals surface area contributed by atoms with Gasteiger partial charge in [-0.2, -0.15) is 6.61 Å². The van der Waals surface area contributed by atoms with Gasteiger partial charge in [-0.1, -0.05) is 6.92 Å². The standard InChI is InChI=1S/C3H6O2/c1-3(5)2-4/h3H,2H2,1H3/q-2. The third kappa shape index (κ3) is 3.92. The first-order valence-electron chi connectivity index (χ1n) is 1.51.